The Morgan fingerprint density at radius 3 is 2.81 bits per heavy atom. The number of nitrogens with zero attached hydrogens (tertiary/aromatic N) is 5. The summed E-state index contributed by atoms with van der Waals surface area (Å²) in [4.78, 5) is 2.58. The van der Waals surface area contributed by atoms with Crippen LogP contribution in [0.5, 0.6) is 0 Å². The van der Waals surface area contributed by atoms with Crippen LogP contribution < -0.4 is 0 Å². The summed E-state index contributed by atoms with van der Waals surface area (Å²) in [6.45, 7) is 1.92. The number of rotatable bonds is 5. The maximum absolute atomic E-state index is 9.84. The maximum Gasteiger partial charge on any atom is 0.108 e. The van der Waals surface area contributed by atoms with E-state index in [9.17, 15) is 10.2 Å². The monoisotopic (exact) mass is 225 g/mol. The predicted octanol–water partition coefficient (Wildman–Crippen LogP) is 0.823. The van der Waals surface area contributed by atoms with Crippen molar-refractivity contribution in [1.29, 1.82) is 0 Å². The van der Waals surface area contributed by atoms with Crippen molar-refractivity contribution in [3.63, 3.8) is 0 Å². The van der Waals surface area contributed by atoms with Gasteiger partial charge in [0.1, 0.15) is 6.10 Å². The zero-order chi connectivity index (χ0) is 12.1. The van der Waals surface area contributed by atoms with E-state index in [0.717, 1.165) is 0 Å². The van der Waals surface area contributed by atoms with Crippen LogP contribution in [0.3, 0.4) is 0 Å². The molecule has 7 heteroatoms. The Morgan fingerprint density at radius 1 is 1.62 bits per heavy atom. The number of aliphatic hydroxyl groups is 2. The Morgan fingerprint density at radius 2 is 2.31 bits per heavy atom. The van der Waals surface area contributed by atoms with Gasteiger partial charge in [-0.05, 0) is 18.9 Å². The van der Waals surface area contributed by atoms with E-state index in [2.05, 4.69) is 15.1 Å². The molecular formula is C9H15N5O2. The minimum Gasteiger partial charge on any atom is -0.390 e. The molecule has 7 nitrogen and oxygen atoms in total. The van der Waals surface area contributed by atoms with Crippen molar-refractivity contribution in [2.75, 3.05) is 6.54 Å². The van der Waals surface area contributed by atoms with E-state index >= 15 is 0 Å². The molecule has 1 aromatic heterocycles. The lowest BCUT2D eigenvalue weighted by molar-refractivity contribution is 0.0146. The predicted molar refractivity (Wildman–Crippen MR) is 57.5 cm³/mol. The Labute approximate surface area is 93.0 Å². The van der Waals surface area contributed by atoms with E-state index in [-0.39, 0.29) is 13.0 Å². The Bertz CT molecular complexity index is 397. The smallest absolute Gasteiger partial charge is 0.108 e. The summed E-state index contributed by atoms with van der Waals surface area (Å²) in [5.74, 6) is 0. The minimum atomic E-state index is -0.998. The highest BCUT2D eigenvalue weighted by Crippen LogP contribution is 2.21. The van der Waals surface area contributed by atoms with Crippen LogP contribution in [-0.2, 0) is 7.05 Å². The number of aromatic nitrogens is 2. The van der Waals surface area contributed by atoms with Gasteiger partial charge in [0.25, 0.3) is 0 Å². The molecule has 0 spiro atoms. The van der Waals surface area contributed by atoms with Crippen molar-refractivity contribution in [3.05, 3.63) is 27.9 Å². The Balaban J connectivity index is 2.66. The second-order valence-electron chi connectivity index (χ2n) is 3.60. The first-order valence-corrected chi connectivity index (χ1v) is 4.93. The van der Waals surface area contributed by atoms with Gasteiger partial charge in [0, 0.05) is 30.3 Å². The van der Waals surface area contributed by atoms with Crippen LogP contribution in [0.15, 0.2) is 11.3 Å². The van der Waals surface area contributed by atoms with E-state index in [4.69, 9.17) is 5.53 Å². The number of hydrogen-bond donors (Lipinski definition) is 2. The van der Waals surface area contributed by atoms with E-state index < -0.39 is 12.2 Å². The van der Waals surface area contributed by atoms with E-state index in [1.807, 2.05) is 0 Å². The summed E-state index contributed by atoms with van der Waals surface area (Å²) in [5, 5.41) is 26.9. The van der Waals surface area contributed by atoms with Gasteiger partial charge in [0.15, 0.2) is 0 Å². The van der Waals surface area contributed by atoms with Crippen molar-refractivity contribution < 1.29 is 10.2 Å². The maximum atomic E-state index is 9.84. The average Bonchev–Trinajstić information content (AvgIpc) is 2.57. The van der Waals surface area contributed by atoms with Gasteiger partial charge in [0.2, 0.25) is 0 Å². The highest BCUT2D eigenvalue weighted by molar-refractivity contribution is 5.19. The average molecular weight is 225 g/mol. The number of aliphatic hydroxyl groups excluding tert-OH is 2. The molecule has 2 N–H and O–H groups in total. The quantitative estimate of drug-likeness (QED) is 0.440. The third kappa shape index (κ3) is 2.96. The third-order valence-corrected chi connectivity index (χ3v) is 2.32. The normalized spacial score (nSPS) is 14.2. The molecular weight excluding hydrogens is 210 g/mol. The molecule has 1 heterocycles. The van der Waals surface area contributed by atoms with Crippen LogP contribution in [0.4, 0.5) is 0 Å². The summed E-state index contributed by atoms with van der Waals surface area (Å²) in [6.07, 6.45) is -0.0629. The summed E-state index contributed by atoms with van der Waals surface area (Å²) in [5.41, 5.74) is 9.36. The summed E-state index contributed by atoms with van der Waals surface area (Å²) in [7, 11) is 1.75. The molecule has 1 aromatic rings. The molecule has 0 bridgehead atoms. The Hall–Kier alpha value is -1.56. The van der Waals surface area contributed by atoms with E-state index in [1.54, 1.807) is 24.9 Å². The van der Waals surface area contributed by atoms with Gasteiger partial charge in [-0.3, -0.25) is 4.68 Å². The van der Waals surface area contributed by atoms with Gasteiger partial charge in [-0.25, -0.2) is 0 Å². The highest BCUT2D eigenvalue weighted by atomic mass is 16.3. The van der Waals surface area contributed by atoms with Crippen LogP contribution >= 0.6 is 0 Å². The van der Waals surface area contributed by atoms with Crippen LogP contribution in [0.2, 0.25) is 0 Å². The SMILES string of the molecule is Cc1nn(C)cc1C(O)C(O)CCN=[N+]=[N-]. The van der Waals surface area contributed by atoms with E-state index in [1.165, 1.54) is 0 Å². The summed E-state index contributed by atoms with van der Waals surface area (Å²) in [6, 6.07) is 0. The van der Waals surface area contributed by atoms with Gasteiger partial charge >= 0.3 is 0 Å². The summed E-state index contributed by atoms with van der Waals surface area (Å²) >= 11 is 0. The van der Waals surface area contributed by atoms with Crippen LogP contribution in [-0.4, -0.2) is 32.6 Å². The molecule has 0 radical (unpaired) electrons. The fourth-order valence-corrected chi connectivity index (χ4v) is 1.51. The van der Waals surface area contributed by atoms with Crippen molar-refractivity contribution in [1.82, 2.24) is 9.78 Å². The largest absolute Gasteiger partial charge is 0.390 e. The first kappa shape index (κ1) is 12.5. The lowest BCUT2D eigenvalue weighted by atomic mass is 10.0. The van der Waals surface area contributed by atoms with Crippen LogP contribution in [0, 0.1) is 6.92 Å². The molecule has 1 rings (SSSR count). The Kier molecular flexibility index (Phi) is 4.30. The molecule has 2 atom stereocenters. The van der Waals surface area contributed by atoms with Crippen molar-refractivity contribution in [2.24, 2.45) is 12.2 Å². The lowest BCUT2D eigenvalue weighted by Gasteiger charge is -2.16. The molecule has 88 valence electrons. The molecule has 0 fully saturated rings. The van der Waals surface area contributed by atoms with Crippen molar-refractivity contribution in [2.45, 2.75) is 25.6 Å². The minimum absolute atomic E-state index is 0.161. The highest BCUT2D eigenvalue weighted by Gasteiger charge is 2.21. The van der Waals surface area contributed by atoms with Gasteiger partial charge in [-0.1, -0.05) is 5.11 Å². The topological polar surface area (TPSA) is 107 Å². The zero-order valence-corrected chi connectivity index (χ0v) is 9.28. The molecule has 0 aromatic carbocycles. The fraction of sp³-hybridized carbons (Fsp3) is 0.667. The second-order valence-corrected chi connectivity index (χ2v) is 3.60. The molecule has 2 unspecified atom stereocenters. The number of aryl methyl sites for hydroxylation is 2. The molecule has 16 heavy (non-hydrogen) atoms. The van der Waals surface area contributed by atoms with Gasteiger partial charge in [0.05, 0.1) is 11.8 Å². The lowest BCUT2D eigenvalue weighted by Crippen LogP contribution is -2.19. The van der Waals surface area contributed by atoms with Gasteiger partial charge in [-0.2, -0.15) is 5.10 Å². The van der Waals surface area contributed by atoms with Crippen LogP contribution in [0.1, 0.15) is 23.8 Å². The van der Waals surface area contributed by atoms with Gasteiger partial charge in [-0.15, -0.1) is 0 Å². The van der Waals surface area contributed by atoms with Crippen molar-refractivity contribution in [3.8, 4) is 0 Å². The second kappa shape index (κ2) is 5.50. The molecule has 0 aliphatic carbocycles. The molecule has 0 aliphatic rings. The number of hydrogen-bond acceptors (Lipinski definition) is 4. The fourth-order valence-electron chi connectivity index (χ4n) is 1.51. The molecule has 0 aliphatic heterocycles. The standard InChI is InChI=1S/C9H15N5O2/c1-6-7(5-14(2)12-6)9(16)8(15)3-4-11-13-10/h5,8-9,15-16H,3-4H2,1-2H3. The summed E-state index contributed by atoms with van der Waals surface area (Å²) < 4.78 is 1.58. The first-order valence-electron chi connectivity index (χ1n) is 4.93. The number of azide groups is 1. The molecule has 0 amide bonds. The van der Waals surface area contributed by atoms with Crippen molar-refractivity contribution >= 4 is 0 Å². The third-order valence-electron chi connectivity index (χ3n) is 2.32. The molecule has 0 saturated heterocycles. The van der Waals surface area contributed by atoms with E-state index in [0.29, 0.717) is 11.3 Å². The van der Waals surface area contributed by atoms with Crippen LogP contribution in [0.25, 0.3) is 10.4 Å². The van der Waals surface area contributed by atoms with Gasteiger partial charge < -0.3 is 10.2 Å². The zero-order valence-electron chi connectivity index (χ0n) is 9.28. The molecule has 0 saturated carbocycles. The first-order chi connectivity index (χ1) is 7.56.